The second-order valence-corrected chi connectivity index (χ2v) is 3.10. The van der Waals surface area contributed by atoms with Crippen LogP contribution in [0, 0.1) is 0 Å². The summed E-state index contributed by atoms with van der Waals surface area (Å²) in [5.74, 6) is -0.806. The molecule has 0 radical (unpaired) electrons. The van der Waals surface area contributed by atoms with Gasteiger partial charge in [0.2, 0.25) is 0 Å². The second kappa shape index (κ2) is 6.70. The smallest absolute Gasteiger partial charge is 0.200 e. The van der Waals surface area contributed by atoms with Gasteiger partial charge in [0.05, 0.1) is 0 Å². The van der Waals surface area contributed by atoms with E-state index in [-0.39, 0.29) is 17.3 Å². The van der Waals surface area contributed by atoms with Crippen LogP contribution in [-0.2, 0) is 4.79 Å². The fraction of sp³-hybridized carbons (Fsp3) is 0.364. The maximum atomic E-state index is 10.0. The van der Waals surface area contributed by atoms with E-state index in [4.69, 9.17) is 15.3 Å². The minimum absolute atomic E-state index is 0.289. The van der Waals surface area contributed by atoms with Crippen molar-refractivity contribution in [3.05, 3.63) is 18.2 Å². The third kappa shape index (κ3) is 5.57. The summed E-state index contributed by atoms with van der Waals surface area (Å²) in [5, 5.41) is 26.1. The number of rotatable bonds is 2. The topological polar surface area (TPSA) is 77.8 Å². The van der Waals surface area contributed by atoms with E-state index in [0.29, 0.717) is 0 Å². The second-order valence-electron chi connectivity index (χ2n) is 3.10. The number of hydrogen-bond acceptors (Lipinski definition) is 4. The standard InChI is InChI=1S/C6H6O3.C5H10O/c7-4-2-1-3-5(8)6(4)9;1-3-4-5(2)6/h1-3,7-9H;3-4H2,1-2H3. The molecule has 15 heavy (non-hydrogen) atoms. The van der Waals surface area contributed by atoms with Crippen molar-refractivity contribution in [3.8, 4) is 17.2 Å². The lowest BCUT2D eigenvalue weighted by molar-refractivity contribution is -0.117. The number of carbonyl (C=O) groups excluding carboxylic acids is 1. The number of ketones is 1. The molecule has 1 rings (SSSR count). The number of phenols is 3. The first-order valence-electron chi connectivity index (χ1n) is 4.68. The van der Waals surface area contributed by atoms with Crippen molar-refractivity contribution in [3.63, 3.8) is 0 Å². The Morgan fingerprint density at radius 1 is 1.20 bits per heavy atom. The van der Waals surface area contributed by atoms with E-state index in [1.807, 2.05) is 6.92 Å². The van der Waals surface area contributed by atoms with Gasteiger partial charge in [0.25, 0.3) is 0 Å². The molecule has 0 aromatic heterocycles. The van der Waals surface area contributed by atoms with E-state index < -0.39 is 5.75 Å². The number of phenolic OH excluding ortho intramolecular Hbond substituents is 3. The molecular formula is C11H16O4. The molecule has 0 amide bonds. The van der Waals surface area contributed by atoms with Crippen LogP contribution >= 0.6 is 0 Å². The highest BCUT2D eigenvalue weighted by Crippen LogP contribution is 2.32. The number of Topliss-reactive ketones (excluding diaryl/α,β-unsaturated/α-hetero) is 1. The van der Waals surface area contributed by atoms with Crippen LogP contribution in [0.1, 0.15) is 26.7 Å². The molecule has 0 bridgehead atoms. The Bertz CT molecular complexity index is 300. The maximum Gasteiger partial charge on any atom is 0.200 e. The lowest BCUT2D eigenvalue weighted by Gasteiger charge is -1.96. The quantitative estimate of drug-likeness (QED) is 0.656. The molecule has 1 aromatic rings. The summed E-state index contributed by atoms with van der Waals surface area (Å²) in [6, 6.07) is 4.01. The van der Waals surface area contributed by atoms with E-state index in [2.05, 4.69) is 0 Å². The number of aromatic hydroxyl groups is 3. The number of para-hydroxylation sites is 1. The summed E-state index contributed by atoms with van der Waals surface area (Å²) in [6.45, 7) is 3.62. The van der Waals surface area contributed by atoms with Gasteiger partial charge in [0.15, 0.2) is 17.2 Å². The van der Waals surface area contributed by atoms with Crippen molar-refractivity contribution < 1.29 is 20.1 Å². The van der Waals surface area contributed by atoms with Gasteiger partial charge in [-0.15, -0.1) is 0 Å². The molecule has 1 aromatic carbocycles. The zero-order valence-corrected chi connectivity index (χ0v) is 8.90. The molecule has 3 N–H and O–H groups in total. The first kappa shape index (κ1) is 13.3. The molecule has 0 aliphatic heterocycles. The molecule has 4 heteroatoms. The molecule has 0 fully saturated rings. The lowest BCUT2D eigenvalue weighted by atomic mass is 10.3. The summed E-state index contributed by atoms with van der Waals surface area (Å²) in [4.78, 5) is 10.0. The Kier molecular flexibility index (Phi) is 5.94. The van der Waals surface area contributed by atoms with Crippen LogP contribution in [0.3, 0.4) is 0 Å². The zero-order valence-electron chi connectivity index (χ0n) is 8.90. The monoisotopic (exact) mass is 212 g/mol. The first-order valence-corrected chi connectivity index (χ1v) is 4.68. The van der Waals surface area contributed by atoms with Crippen molar-refractivity contribution in [1.29, 1.82) is 0 Å². The van der Waals surface area contributed by atoms with Crippen molar-refractivity contribution in [2.75, 3.05) is 0 Å². The van der Waals surface area contributed by atoms with Crippen molar-refractivity contribution in [1.82, 2.24) is 0 Å². The minimum atomic E-state index is -0.475. The molecule has 0 aliphatic carbocycles. The summed E-state index contributed by atoms with van der Waals surface area (Å²) in [7, 11) is 0. The normalized spacial score (nSPS) is 8.93. The van der Waals surface area contributed by atoms with E-state index in [1.54, 1.807) is 6.92 Å². The van der Waals surface area contributed by atoms with Crippen molar-refractivity contribution >= 4 is 5.78 Å². The van der Waals surface area contributed by atoms with E-state index >= 15 is 0 Å². The van der Waals surface area contributed by atoms with Gasteiger partial charge in [-0.25, -0.2) is 0 Å². The predicted molar refractivity (Wildman–Crippen MR) is 57.0 cm³/mol. The fourth-order valence-corrected chi connectivity index (χ4v) is 0.872. The van der Waals surface area contributed by atoms with Crippen molar-refractivity contribution in [2.24, 2.45) is 0 Å². The van der Waals surface area contributed by atoms with Crippen LogP contribution in [0.5, 0.6) is 17.2 Å². The van der Waals surface area contributed by atoms with Gasteiger partial charge in [-0.2, -0.15) is 0 Å². The Balaban J connectivity index is 0.000000288. The SMILES string of the molecule is CCCC(C)=O.Oc1cccc(O)c1O. The molecule has 0 saturated heterocycles. The van der Waals surface area contributed by atoms with Crippen LogP contribution in [0.25, 0.3) is 0 Å². The van der Waals surface area contributed by atoms with Gasteiger partial charge in [-0.05, 0) is 25.5 Å². The first-order chi connectivity index (χ1) is 6.99. The van der Waals surface area contributed by atoms with Crippen LogP contribution in [-0.4, -0.2) is 21.1 Å². The Hall–Kier alpha value is -1.71. The molecule has 0 saturated carbocycles. The van der Waals surface area contributed by atoms with Gasteiger partial charge < -0.3 is 20.1 Å². The summed E-state index contributed by atoms with van der Waals surface area (Å²) >= 11 is 0. The number of carbonyl (C=O) groups is 1. The highest BCUT2D eigenvalue weighted by molar-refractivity contribution is 5.75. The molecule has 0 spiro atoms. The molecule has 0 aliphatic rings. The van der Waals surface area contributed by atoms with Crippen LogP contribution in [0.4, 0.5) is 0 Å². The maximum absolute atomic E-state index is 10.0. The summed E-state index contributed by atoms with van der Waals surface area (Å²) in [5.41, 5.74) is 0. The van der Waals surface area contributed by atoms with Gasteiger partial charge in [0, 0.05) is 6.42 Å². The van der Waals surface area contributed by atoms with E-state index in [9.17, 15) is 4.79 Å². The zero-order chi connectivity index (χ0) is 11.8. The average molecular weight is 212 g/mol. The van der Waals surface area contributed by atoms with Crippen molar-refractivity contribution in [2.45, 2.75) is 26.7 Å². The Labute approximate surface area is 88.8 Å². The minimum Gasteiger partial charge on any atom is -0.504 e. The number of hydrogen-bond donors (Lipinski definition) is 3. The molecule has 0 unspecified atom stereocenters. The Morgan fingerprint density at radius 3 is 1.87 bits per heavy atom. The van der Waals surface area contributed by atoms with E-state index in [0.717, 1.165) is 12.8 Å². The van der Waals surface area contributed by atoms with E-state index in [1.165, 1.54) is 18.2 Å². The van der Waals surface area contributed by atoms with Crippen LogP contribution in [0.15, 0.2) is 18.2 Å². The third-order valence-electron chi connectivity index (χ3n) is 1.60. The van der Waals surface area contributed by atoms with Gasteiger partial charge >= 0.3 is 0 Å². The van der Waals surface area contributed by atoms with Gasteiger partial charge in [0.1, 0.15) is 5.78 Å². The summed E-state index contributed by atoms with van der Waals surface area (Å²) in [6.07, 6.45) is 1.72. The molecule has 0 heterocycles. The van der Waals surface area contributed by atoms with Crippen LogP contribution < -0.4 is 0 Å². The predicted octanol–water partition coefficient (Wildman–Crippen LogP) is 2.18. The highest BCUT2D eigenvalue weighted by Gasteiger charge is 2.00. The van der Waals surface area contributed by atoms with Gasteiger partial charge in [-0.1, -0.05) is 13.0 Å². The Morgan fingerprint density at radius 2 is 1.67 bits per heavy atom. The highest BCUT2D eigenvalue weighted by atomic mass is 16.3. The van der Waals surface area contributed by atoms with Gasteiger partial charge in [-0.3, -0.25) is 0 Å². The molecule has 84 valence electrons. The summed E-state index contributed by atoms with van der Waals surface area (Å²) < 4.78 is 0. The lowest BCUT2D eigenvalue weighted by Crippen LogP contribution is -1.84. The average Bonchev–Trinajstić information content (AvgIpc) is 2.15. The molecule has 0 atom stereocenters. The molecular weight excluding hydrogens is 196 g/mol. The fourth-order valence-electron chi connectivity index (χ4n) is 0.872. The third-order valence-corrected chi connectivity index (χ3v) is 1.60. The van der Waals surface area contributed by atoms with Crippen LogP contribution in [0.2, 0.25) is 0 Å². The number of benzene rings is 1. The largest absolute Gasteiger partial charge is 0.504 e. The molecule has 4 nitrogen and oxygen atoms in total.